The Labute approximate surface area is 117 Å². The first-order valence-electron chi connectivity index (χ1n) is 5.74. The van der Waals surface area contributed by atoms with Gasteiger partial charge in [-0.05, 0) is 29.3 Å². The van der Waals surface area contributed by atoms with E-state index in [2.05, 4.69) is 6.07 Å². The maximum atomic E-state index is 9.38. The maximum absolute atomic E-state index is 9.38. The van der Waals surface area contributed by atoms with Crippen molar-refractivity contribution >= 4 is 17.3 Å². The van der Waals surface area contributed by atoms with Gasteiger partial charge in [-0.25, -0.2) is 0 Å². The molecule has 3 nitrogen and oxygen atoms in total. The van der Waals surface area contributed by atoms with Crippen molar-refractivity contribution in [1.82, 2.24) is 0 Å². The third kappa shape index (κ3) is 2.81. The van der Waals surface area contributed by atoms with Gasteiger partial charge in [0, 0.05) is 16.8 Å². The highest BCUT2D eigenvalue weighted by molar-refractivity contribution is 6.30. The number of nitrogens with zero attached hydrogens (tertiary/aromatic N) is 1. The largest absolute Gasteiger partial charge is 0.497 e. The van der Waals surface area contributed by atoms with Gasteiger partial charge in [0.25, 0.3) is 0 Å². The van der Waals surface area contributed by atoms with Crippen LogP contribution >= 0.6 is 11.6 Å². The molecule has 19 heavy (non-hydrogen) atoms. The lowest BCUT2D eigenvalue weighted by Gasteiger charge is -2.13. The monoisotopic (exact) mass is 272 g/mol. The van der Waals surface area contributed by atoms with E-state index in [1.54, 1.807) is 31.4 Å². The van der Waals surface area contributed by atoms with Crippen molar-refractivity contribution < 1.29 is 4.74 Å². The molecule has 0 heterocycles. The molecule has 2 rings (SSSR count). The quantitative estimate of drug-likeness (QED) is 0.869. The molecule has 0 saturated heterocycles. The number of nitriles is 1. The molecule has 0 saturated carbocycles. The Hall–Kier alpha value is -2.18. The van der Waals surface area contributed by atoms with Crippen molar-refractivity contribution in [2.24, 2.45) is 0 Å². The molecule has 0 spiro atoms. The minimum absolute atomic E-state index is 0.414. The molecule has 96 valence electrons. The fourth-order valence-electron chi connectivity index (χ4n) is 1.92. The number of halogens is 1. The van der Waals surface area contributed by atoms with Crippen LogP contribution in [-0.4, -0.2) is 7.11 Å². The third-order valence-corrected chi connectivity index (χ3v) is 3.19. The van der Waals surface area contributed by atoms with Gasteiger partial charge in [0.15, 0.2) is 0 Å². The summed E-state index contributed by atoms with van der Waals surface area (Å²) in [6, 6.07) is 14.8. The lowest BCUT2D eigenvalue weighted by molar-refractivity contribution is 0.415. The van der Waals surface area contributed by atoms with E-state index in [9.17, 15) is 5.26 Å². The Bertz CT molecular complexity index is 617. The van der Waals surface area contributed by atoms with E-state index in [-0.39, 0.29) is 0 Å². The number of hydrogen-bond acceptors (Lipinski definition) is 3. The first-order valence-corrected chi connectivity index (χ1v) is 6.12. The molecule has 2 aromatic rings. The van der Waals surface area contributed by atoms with Gasteiger partial charge in [0.2, 0.25) is 0 Å². The number of hydrogen-bond donors (Lipinski definition) is 1. The van der Waals surface area contributed by atoms with Gasteiger partial charge in [0.1, 0.15) is 5.75 Å². The van der Waals surface area contributed by atoms with Gasteiger partial charge < -0.3 is 10.5 Å². The minimum atomic E-state index is -0.414. The molecular weight excluding hydrogens is 260 g/mol. The highest BCUT2D eigenvalue weighted by Crippen LogP contribution is 2.31. The number of nitrogens with two attached hydrogens (primary N) is 1. The van der Waals surface area contributed by atoms with E-state index in [1.807, 2.05) is 18.2 Å². The average molecular weight is 273 g/mol. The predicted octanol–water partition coefficient (Wildman–Crippen LogP) is 3.59. The molecule has 2 aromatic carbocycles. The highest BCUT2D eigenvalue weighted by atomic mass is 35.5. The second-order valence-corrected chi connectivity index (χ2v) is 4.54. The fraction of sp³-hybridized carbons (Fsp3) is 0.133. The Morgan fingerprint density at radius 2 is 1.89 bits per heavy atom. The molecule has 1 unspecified atom stereocenters. The van der Waals surface area contributed by atoms with Crippen molar-refractivity contribution in [2.45, 2.75) is 5.92 Å². The Morgan fingerprint density at radius 1 is 1.21 bits per heavy atom. The van der Waals surface area contributed by atoms with Gasteiger partial charge in [-0.2, -0.15) is 5.26 Å². The van der Waals surface area contributed by atoms with Crippen molar-refractivity contribution in [3.8, 4) is 11.8 Å². The summed E-state index contributed by atoms with van der Waals surface area (Å²) in [6.07, 6.45) is 0. The van der Waals surface area contributed by atoms with E-state index in [0.29, 0.717) is 16.5 Å². The van der Waals surface area contributed by atoms with Crippen LogP contribution in [0, 0.1) is 11.3 Å². The summed E-state index contributed by atoms with van der Waals surface area (Å²) in [5.74, 6) is 0.261. The lowest BCUT2D eigenvalue weighted by atomic mass is 9.91. The Morgan fingerprint density at radius 3 is 2.42 bits per heavy atom. The second kappa shape index (κ2) is 5.64. The van der Waals surface area contributed by atoms with Crippen molar-refractivity contribution in [3.63, 3.8) is 0 Å². The van der Waals surface area contributed by atoms with Gasteiger partial charge in [-0.1, -0.05) is 29.8 Å². The zero-order chi connectivity index (χ0) is 13.8. The summed E-state index contributed by atoms with van der Waals surface area (Å²) < 4.78 is 5.10. The molecule has 2 N–H and O–H groups in total. The summed E-state index contributed by atoms with van der Waals surface area (Å²) in [7, 11) is 1.58. The molecule has 0 radical (unpaired) electrons. The Balaban J connectivity index is 2.43. The number of benzene rings is 2. The minimum Gasteiger partial charge on any atom is -0.497 e. The number of nitrogen functional groups attached to an aromatic ring is 1. The van der Waals surface area contributed by atoms with Gasteiger partial charge in [-0.3, -0.25) is 0 Å². The Kier molecular flexibility index (Phi) is 3.94. The maximum Gasteiger partial charge on any atom is 0.120 e. The van der Waals surface area contributed by atoms with Crippen molar-refractivity contribution in [2.75, 3.05) is 12.8 Å². The van der Waals surface area contributed by atoms with Crippen molar-refractivity contribution in [1.29, 1.82) is 5.26 Å². The van der Waals surface area contributed by atoms with E-state index in [0.717, 1.165) is 11.1 Å². The van der Waals surface area contributed by atoms with Crippen LogP contribution in [0.25, 0.3) is 0 Å². The normalized spacial score (nSPS) is 11.6. The molecule has 0 fully saturated rings. The predicted molar refractivity (Wildman–Crippen MR) is 76.3 cm³/mol. The number of methoxy groups -OCH3 is 1. The molecular formula is C15H13ClN2O. The summed E-state index contributed by atoms with van der Waals surface area (Å²) in [5.41, 5.74) is 8.16. The smallest absolute Gasteiger partial charge is 0.120 e. The second-order valence-electron chi connectivity index (χ2n) is 4.11. The van der Waals surface area contributed by atoms with E-state index < -0.39 is 5.92 Å². The molecule has 0 aliphatic rings. The van der Waals surface area contributed by atoms with Crippen LogP contribution in [0.15, 0.2) is 42.5 Å². The first-order chi connectivity index (χ1) is 9.15. The van der Waals surface area contributed by atoms with Gasteiger partial charge >= 0.3 is 0 Å². The average Bonchev–Trinajstić information content (AvgIpc) is 2.43. The molecule has 0 aliphatic carbocycles. The molecule has 0 aliphatic heterocycles. The topological polar surface area (TPSA) is 59.0 Å². The summed E-state index contributed by atoms with van der Waals surface area (Å²) >= 11 is 5.85. The van der Waals surface area contributed by atoms with E-state index >= 15 is 0 Å². The summed E-state index contributed by atoms with van der Waals surface area (Å²) in [4.78, 5) is 0. The van der Waals surface area contributed by atoms with E-state index in [1.165, 1.54) is 0 Å². The first kappa shape index (κ1) is 13.3. The van der Waals surface area contributed by atoms with Gasteiger partial charge in [-0.15, -0.1) is 0 Å². The van der Waals surface area contributed by atoms with Crippen LogP contribution in [0.5, 0.6) is 5.75 Å². The van der Waals surface area contributed by atoms with Crippen LogP contribution in [-0.2, 0) is 0 Å². The molecule has 0 bridgehead atoms. The molecule has 4 heteroatoms. The highest BCUT2D eigenvalue weighted by Gasteiger charge is 2.16. The third-order valence-electron chi connectivity index (χ3n) is 2.94. The van der Waals surface area contributed by atoms with Crippen LogP contribution in [0.2, 0.25) is 5.02 Å². The van der Waals surface area contributed by atoms with Crippen molar-refractivity contribution in [3.05, 3.63) is 58.6 Å². The number of anilines is 1. The number of ether oxygens (including phenoxy) is 1. The molecule has 1 atom stereocenters. The fourth-order valence-corrected chi connectivity index (χ4v) is 2.05. The van der Waals surface area contributed by atoms with Crippen LogP contribution in [0.1, 0.15) is 17.0 Å². The summed E-state index contributed by atoms with van der Waals surface area (Å²) in [6.45, 7) is 0. The van der Waals surface area contributed by atoms with Crippen LogP contribution in [0.4, 0.5) is 5.69 Å². The lowest BCUT2D eigenvalue weighted by Crippen LogP contribution is -2.03. The van der Waals surface area contributed by atoms with Crippen LogP contribution in [0.3, 0.4) is 0 Å². The van der Waals surface area contributed by atoms with Crippen LogP contribution < -0.4 is 10.5 Å². The molecule has 0 aromatic heterocycles. The van der Waals surface area contributed by atoms with E-state index in [4.69, 9.17) is 22.1 Å². The zero-order valence-electron chi connectivity index (χ0n) is 10.4. The SMILES string of the molecule is COc1ccc(C(C#N)c2ccc(Cl)cc2)c(N)c1. The number of rotatable bonds is 3. The summed E-state index contributed by atoms with van der Waals surface area (Å²) in [5, 5.41) is 10.0. The molecule has 0 amide bonds. The standard InChI is InChI=1S/C15H13ClN2O/c1-19-12-6-7-13(15(18)8-12)14(9-17)10-2-4-11(16)5-3-10/h2-8,14H,18H2,1H3. The zero-order valence-corrected chi connectivity index (χ0v) is 11.2. The van der Waals surface area contributed by atoms with Gasteiger partial charge in [0.05, 0.1) is 19.1 Å².